The van der Waals surface area contributed by atoms with Gasteiger partial charge in [0.15, 0.2) is 5.57 Å². The molecule has 0 spiro atoms. The minimum atomic E-state index is -0.762. The molecule has 0 aromatic heterocycles. The maximum Gasteiger partial charge on any atom is 0.350 e. The molecule has 1 aromatic rings. The van der Waals surface area contributed by atoms with E-state index in [4.69, 9.17) is 4.74 Å². The fraction of sp³-hybridized carbons (Fsp3) is 0.633. The number of halogens is 1. The minimum absolute atomic E-state index is 0.0219. The summed E-state index contributed by atoms with van der Waals surface area (Å²) in [5.41, 5.74) is 1.31. The smallest absolute Gasteiger partial charge is 0.350 e. The van der Waals surface area contributed by atoms with E-state index in [0.717, 1.165) is 25.2 Å². The fourth-order valence-corrected chi connectivity index (χ4v) is 3.79. The molecule has 0 bridgehead atoms. The molecular weight excluding hydrogens is 514 g/mol. The Morgan fingerprint density at radius 3 is 2.06 bits per heavy atom. The summed E-state index contributed by atoms with van der Waals surface area (Å²) in [6.07, 6.45) is 8.74. The molecule has 0 radical (unpaired) electrons. The molecule has 0 fully saturated rings. The summed E-state index contributed by atoms with van der Waals surface area (Å²) < 4.78 is 5.84. The Bertz CT molecular complexity index is 851. The molecule has 1 rings (SSSR count). The lowest BCUT2D eigenvalue weighted by Gasteiger charge is -2.24. The lowest BCUT2D eigenvalue weighted by molar-refractivity contribution is -0.139. The highest BCUT2D eigenvalue weighted by Crippen LogP contribution is 2.31. The van der Waals surface area contributed by atoms with Crippen molar-refractivity contribution in [2.24, 2.45) is 5.92 Å². The standard InChI is InChI=1S/C25H34BrN3O2.C3H8.C2H6/c1-5-7-8-9-10-11-14-29(6-2)20-12-13-21(24(26)15-20)22(16-27)23(17-28)25(30)31-18-19(3)4;1-3-2;1-2/h12-13,15,19H,5-11,14,18H2,1-4H3;3H2,1-2H3;1-2H3/b23-22-;;. The summed E-state index contributed by atoms with van der Waals surface area (Å²) in [7, 11) is 0. The van der Waals surface area contributed by atoms with Crippen LogP contribution in [-0.4, -0.2) is 25.7 Å². The number of carbonyl (C=O) groups is 1. The van der Waals surface area contributed by atoms with E-state index in [0.29, 0.717) is 10.0 Å². The Hall–Kier alpha value is -2.31. The predicted octanol–water partition coefficient (Wildman–Crippen LogP) is 9.08. The van der Waals surface area contributed by atoms with Crippen LogP contribution in [0.5, 0.6) is 0 Å². The van der Waals surface area contributed by atoms with E-state index < -0.39 is 5.97 Å². The van der Waals surface area contributed by atoms with Gasteiger partial charge in [-0.3, -0.25) is 0 Å². The van der Waals surface area contributed by atoms with E-state index in [1.807, 2.05) is 52.0 Å². The number of rotatable bonds is 13. The summed E-state index contributed by atoms with van der Waals surface area (Å²) in [5, 5.41) is 19.2. The van der Waals surface area contributed by atoms with E-state index in [-0.39, 0.29) is 23.7 Å². The molecule has 0 amide bonds. The molecule has 0 atom stereocenters. The minimum Gasteiger partial charge on any atom is -0.461 e. The van der Waals surface area contributed by atoms with Gasteiger partial charge in [0.05, 0.1) is 12.2 Å². The van der Waals surface area contributed by atoms with E-state index in [9.17, 15) is 15.3 Å². The molecule has 6 heteroatoms. The molecule has 0 aliphatic rings. The van der Waals surface area contributed by atoms with Crippen LogP contribution in [0.4, 0.5) is 5.69 Å². The number of hydrogen-bond donors (Lipinski definition) is 0. The first-order chi connectivity index (χ1) is 17.3. The average molecular weight is 563 g/mol. The molecule has 0 aliphatic heterocycles. The van der Waals surface area contributed by atoms with Crippen LogP contribution in [0.2, 0.25) is 0 Å². The fourth-order valence-electron chi connectivity index (χ4n) is 3.23. The summed E-state index contributed by atoms with van der Waals surface area (Å²) in [4.78, 5) is 14.6. The van der Waals surface area contributed by atoms with Crippen molar-refractivity contribution >= 4 is 33.2 Å². The molecule has 36 heavy (non-hydrogen) atoms. The SMILES string of the molecule is CC.CCC.CCCCCCCCN(CC)c1ccc(/C(C#N)=C(/C#N)C(=O)OCC(C)C)c(Br)c1. The second kappa shape index (κ2) is 23.1. The molecule has 202 valence electrons. The van der Waals surface area contributed by atoms with Gasteiger partial charge in [-0.25, -0.2) is 4.79 Å². The first-order valence-electron chi connectivity index (χ1n) is 13.6. The van der Waals surface area contributed by atoms with Crippen molar-refractivity contribution in [2.75, 3.05) is 24.6 Å². The molecule has 0 unspecified atom stereocenters. The second-order valence-corrected chi connectivity index (χ2v) is 9.54. The van der Waals surface area contributed by atoms with Crippen LogP contribution >= 0.6 is 15.9 Å². The number of benzene rings is 1. The molecule has 0 heterocycles. The van der Waals surface area contributed by atoms with Crippen LogP contribution in [0.3, 0.4) is 0 Å². The van der Waals surface area contributed by atoms with Crippen molar-refractivity contribution < 1.29 is 9.53 Å². The topological polar surface area (TPSA) is 77.1 Å². The van der Waals surface area contributed by atoms with Crippen molar-refractivity contribution in [3.63, 3.8) is 0 Å². The van der Waals surface area contributed by atoms with E-state index >= 15 is 0 Å². The number of carbonyl (C=O) groups excluding carboxylic acids is 1. The van der Waals surface area contributed by atoms with Crippen LogP contribution in [0.25, 0.3) is 5.57 Å². The third-order valence-electron chi connectivity index (χ3n) is 4.98. The van der Waals surface area contributed by atoms with Crippen molar-refractivity contribution in [1.82, 2.24) is 0 Å². The van der Waals surface area contributed by atoms with Gasteiger partial charge in [-0.05, 0) is 31.4 Å². The van der Waals surface area contributed by atoms with Crippen molar-refractivity contribution in [2.45, 2.75) is 100 Å². The molecule has 1 aromatic carbocycles. The van der Waals surface area contributed by atoms with Gasteiger partial charge in [0.25, 0.3) is 0 Å². The molecule has 0 aliphatic carbocycles. The summed E-state index contributed by atoms with van der Waals surface area (Å²) >= 11 is 3.53. The first kappa shape index (κ1) is 35.8. The van der Waals surface area contributed by atoms with Crippen LogP contribution in [0.1, 0.15) is 106 Å². The van der Waals surface area contributed by atoms with E-state index in [1.54, 1.807) is 6.07 Å². The van der Waals surface area contributed by atoms with Gasteiger partial charge >= 0.3 is 5.97 Å². The zero-order valence-corrected chi connectivity index (χ0v) is 25.5. The van der Waals surface area contributed by atoms with Gasteiger partial charge in [0, 0.05) is 28.8 Å². The molecule has 0 saturated carbocycles. The number of nitrogens with zero attached hydrogens (tertiary/aromatic N) is 3. The van der Waals surface area contributed by atoms with Gasteiger partial charge in [-0.15, -0.1) is 0 Å². The van der Waals surface area contributed by atoms with E-state index in [1.165, 1.54) is 38.5 Å². The van der Waals surface area contributed by atoms with Crippen LogP contribution in [-0.2, 0) is 9.53 Å². The number of ether oxygens (including phenoxy) is 1. The summed E-state index contributed by atoms with van der Waals surface area (Å²) in [6, 6.07) is 9.53. The second-order valence-electron chi connectivity index (χ2n) is 8.68. The first-order valence-corrected chi connectivity index (χ1v) is 14.4. The third kappa shape index (κ3) is 14.3. The molecule has 0 N–H and O–H groups in total. The highest BCUT2D eigenvalue weighted by Gasteiger charge is 2.21. The zero-order chi connectivity index (χ0) is 27.9. The predicted molar refractivity (Wildman–Crippen MR) is 157 cm³/mol. The Morgan fingerprint density at radius 2 is 1.58 bits per heavy atom. The molecular formula is C30H48BrN3O2. The van der Waals surface area contributed by atoms with Crippen molar-refractivity contribution in [3.05, 3.63) is 33.8 Å². The molecule has 0 saturated heterocycles. The highest BCUT2D eigenvalue weighted by atomic mass is 79.9. The number of esters is 1. The van der Waals surface area contributed by atoms with Gasteiger partial charge in [0.1, 0.15) is 12.1 Å². The van der Waals surface area contributed by atoms with Crippen LogP contribution in [0.15, 0.2) is 28.2 Å². The lowest BCUT2D eigenvalue weighted by Crippen LogP contribution is -2.23. The van der Waals surface area contributed by atoms with Crippen LogP contribution < -0.4 is 4.90 Å². The normalized spacial score (nSPS) is 10.6. The lowest BCUT2D eigenvalue weighted by atomic mass is 10.0. The van der Waals surface area contributed by atoms with Gasteiger partial charge in [-0.2, -0.15) is 10.5 Å². The zero-order valence-electron chi connectivity index (χ0n) is 23.9. The maximum absolute atomic E-state index is 12.3. The summed E-state index contributed by atoms with van der Waals surface area (Å²) in [6.45, 7) is 18.5. The Labute approximate surface area is 229 Å². The number of hydrogen-bond acceptors (Lipinski definition) is 5. The van der Waals surface area contributed by atoms with Gasteiger partial charge in [0.2, 0.25) is 0 Å². The quantitative estimate of drug-likeness (QED) is 0.104. The Balaban J connectivity index is 0. The Kier molecular flexibility index (Phi) is 23.0. The molecule has 5 nitrogen and oxygen atoms in total. The summed E-state index contributed by atoms with van der Waals surface area (Å²) in [5.74, 6) is -0.617. The highest BCUT2D eigenvalue weighted by molar-refractivity contribution is 9.10. The maximum atomic E-state index is 12.3. The third-order valence-corrected chi connectivity index (χ3v) is 5.63. The van der Waals surface area contributed by atoms with Crippen molar-refractivity contribution in [1.29, 1.82) is 10.5 Å². The Morgan fingerprint density at radius 1 is 1.00 bits per heavy atom. The van der Waals surface area contributed by atoms with Crippen molar-refractivity contribution in [3.8, 4) is 12.1 Å². The van der Waals surface area contributed by atoms with E-state index in [2.05, 4.69) is 48.5 Å². The largest absolute Gasteiger partial charge is 0.461 e. The number of allylic oxidation sites excluding steroid dienone is 1. The number of nitriles is 2. The monoisotopic (exact) mass is 561 g/mol. The van der Waals surface area contributed by atoms with Crippen LogP contribution in [0, 0.1) is 28.6 Å². The average Bonchev–Trinajstić information content (AvgIpc) is 2.87. The van der Waals surface area contributed by atoms with Gasteiger partial charge < -0.3 is 9.64 Å². The van der Waals surface area contributed by atoms with Gasteiger partial charge in [-0.1, -0.05) is 109 Å². The number of unbranched alkanes of at least 4 members (excludes halogenated alkanes) is 5. The number of anilines is 1.